The van der Waals surface area contributed by atoms with Crippen LogP contribution in [-0.4, -0.2) is 38.1 Å². The van der Waals surface area contributed by atoms with E-state index in [-0.39, 0.29) is 17.5 Å². The number of aliphatic hydroxyl groups excluding tert-OH is 1. The molecule has 1 aliphatic rings. The highest BCUT2D eigenvalue weighted by Gasteiger charge is 2.23. The highest BCUT2D eigenvalue weighted by atomic mass is 19.1. The van der Waals surface area contributed by atoms with E-state index in [1.807, 2.05) is 55.6 Å². The van der Waals surface area contributed by atoms with Crippen LogP contribution in [0.5, 0.6) is 0 Å². The van der Waals surface area contributed by atoms with Crippen LogP contribution >= 0.6 is 0 Å². The Kier molecular flexibility index (Phi) is 8.81. The Balaban J connectivity index is 0.000000262. The van der Waals surface area contributed by atoms with Crippen molar-refractivity contribution in [3.63, 3.8) is 0 Å². The molecule has 2 atom stereocenters. The zero-order valence-electron chi connectivity index (χ0n) is 17.9. The van der Waals surface area contributed by atoms with Gasteiger partial charge < -0.3 is 20.1 Å². The molecule has 0 radical (unpaired) electrons. The van der Waals surface area contributed by atoms with Gasteiger partial charge in [-0.25, -0.2) is 9.37 Å². The Morgan fingerprint density at radius 3 is 2.77 bits per heavy atom. The zero-order chi connectivity index (χ0) is 22.8. The molecule has 0 fully saturated rings. The van der Waals surface area contributed by atoms with Gasteiger partial charge in [-0.3, -0.25) is 4.79 Å². The summed E-state index contributed by atoms with van der Waals surface area (Å²) >= 11 is 0. The van der Waals surface area contributed by atoms with Crippen molar-refractivity contribution in [2.75, 3.05) is 7.05 Å². The van der Waals surface area contributed by atoms with E-state index in [1.54, 1.807) is 25.4 Å². The summed E-state index contributed by atoms with van der Waals surface area (Å²) in [4.78, 5) is 19.5. The minimum absolute atomic E-state index is 0.0375. The number of aliphatic carboxylic acids is 1. The number of allylic oxidation sites excluding steroid dienone is 6. The van der Waals surface area contributed by atoms with Crippen LogP contribution in [0.3, 0.4) is 0 Å². The molecule has 2 aromatic rings. The minimum atomic E-state index is -0.895. The second-order valence-electron chi connectivity index (χ2n) is 7.16. The van der Waals surface area contributed by atoms with Crippen LogP contribution in [0.2, 0.25) is 0 Å². The average molecular weight is 426 g/mol. The molecule has 1 aromatic carbocycles. The van der Waals surface area contributed by atoms with E-state index in [1.165, 1.54) is 18.2 Å². The third-order valence-electron chi connectivity index (χ3n) is 4.65. The van der Waals surface area contributed by atoms with Gasteiger partial charge in [-0.2, -0.15) is 0 Å². The fraction of sp³-hybridized carbons (Fsp3) is 0.250. The second kappa shape index (κ2) is 11.5. The first-order chi connectivity index (χ1) is 14.8. The number of nitrogens with one attached hydrogen (secondary N) is 1. The van der Waals surface area contributed by atoms with Crippen molar-refractivity contribution in [2.24, 2.45) is 11.8 Å². The lowest BCUT2D eigenvalue weighted by Gasteiger charge is -2.16. The topological polar surface area (TPSA) is 89.5 Å². The van der Waals surface area contributed by atoms with Gasteiger partial charge in [0.25, 0.3) is 0 Å². The number of carbonyl (C=O) groups is 1. The van der Waals surface area contributed by atoms with Crippen LogP contribution in [0.4, 0.5) is 4.39 Å². The lowest BCUT2D eigenvalue weighted by atomic mass is 9.90. The normalized spacial score (nSPS) is 18.5. The number of aromatic nitrogens is 2. The van der Waals surface area contributed by atoms with Gasteiger partial charge in [0, 0.05) is 19.3 Å². The number of H-pyrrole nitrogens is 1. The maximum absolute atomic E-state index is 13.8. The monoisotopic (exact) mass is 425 g/mol. The fourth-order valence-corrected chi connectivity index (χ4v) is 2.96. The predicted octanol–water partition coefficient (Wildman–Crippen LogP) is 5.11. The summed E-state index contributed by atoms with van der Waals surface area (Å²) in [6, 6.07) is 3.27. The molecule has 31 heavy (non-hydrogen) atoms. The van der Waals surface area contributed by atoms with Gasteiger partial charge in [-0.15, -0.1) is 0 Å². The van der Waals surface area contributed by atoms with E-state index in [2.05, 4.69) is 9.97 Å². The molecule has 0 amide bonds. The van der Waals surface area contributed by atoms with E-state index >= 15 is 0 Å². The van der Waals surface area contributed by atoms with Crippen LogP contribution in [0, 0.1) is 17.7 Å². The second-order valence-corrected chi connectivity index (χ2v) is 7.16. The van der Waals surface area contributed by atoms with Crippen molar-refractivity contribution in [3.05, 3.63) is 90.5 Å². The third kappa shape index (κ3) is 7.29. The largest absolute Gasteiger partial charge is 0.508 e. The molecule has 0 aliphatic heterocycles. The SMILES string of the molecule is C/C=C/N(C)/C=C\C=C\Cc1cc2[nH]cnc2cc1F.CC1C=CC(O)=CC1C(=O)O. The number of nitrogens with zero attached hydrogens (tertiary/aromatic N) is 2. The Hall–Kier alpha value is -3.61. The van der Waals surface area contributed by atoms with E-state index < -0.39 is 11.9 Å². The maximum Gasteiger partial charge on any atom is 0.311 e. The highest BCUT2D eigenvalue weighted by Crippen LogP contribution is 2.21. The Bertz CT molecular complexity index is 1030. The number of carboxylic acid groups (broad SMARTS) is 1. The number of rotatable bonds is 6. The summed E-state index contributed by atoms with van der Waals surface area (Å²) in [7, 11) is 1.95. The Labute approximate surface area is 181 Å². The number of aromatic amines is 1. The van der Waals surface area contributed by atoms with E-state index in [4.69, 9.17) is 10.2 Å². The fourth-order valence-electron chi connectivity index (χ4n) is 2.96. The molecule has 1 aromatic heterocycles. The van der Waals surface area contributed by atoms with Gasteiger partial charge >= 0.3 is 5.97 Å². The molecule has 164 valence electrons. The van der Waals surface area contributed by atoms with E-state index in [0.717, 1.165) is 5.52 Å². The summed E-state index contributed by atoms with van der Waals surface area (Å²) in [5.74, 6) is -1.70. The molecular weight excluding hydrogens is 397 g/mol. The van der Waals surface area contributed by atoms with Crippen molar-refractivity contribution in [1.29, 1.82) is 0 Å². The summed E-state index contributed by atoms with van der Waals surface area (Å²) < 4.78 is 13.8. The van der Waals surface area contributed by atoms with Crippen molar-refractivity contribution >= 4 is 17.0 Å². The van der Waals surface area contributed by atoms with Crippen LogP contribution in [0.1, 0.15) is 19.4 Å². The van der Waals surface area contributed by atoms with Gasteiger partial charge in [0.15, 0.2) is 0 Å². The van der Waals surface area contributed by atoms with Gasteiger partial charge in [0.1, 0.15) is 11.6 Å². The smallest absolute Gasteiger partial charge is 0.311 e. The molecule has 0 spiro atoms. The number of fused-ring (bicyclic) bond motifs is 1. The number of hydrogen-bond donors (Lipinski definition) is 3. The number of carboxylic acids is 1. The highest BCUT2D eigenvalue weighted by molar-refractivity contribution is 5.75. The number of imidazole rings is 1. The predicted molar refractivity (Wildman–Crippen MR) is 121 cm³/mol. The first-order valence-corrected chi connectivity index (χ1v) is 9.93. The molecule has 6 nitrogen and oxygen atoms in total. The van der Waals surface area contributed by atoms with Crippen molar-refractivity contribution in [1.82, 2.24) is 14.9 Å². The van der Waals surface area contributed by atoms with Crippen LogP contribution in [0.25, 0.3) is 11.0 Å². The van der Waals surface area contributed by atoms with Crippen LogP contribution < -0.4 is 0 Å². The number of aliphatic hydroxyl groups is 1. The van der Waals surface area contributed by atoms with Crippen molar-refractivity contribution < 1.29 is 19.4 Å². The summed E-state index contributed by atoms with van der Waals surface area (Å²) in [6.07, 6.45) is 18.3. The number of halogens is 1. The Morgan fingerprint density at radius 1 is 1.32 bits per heavy atom. The molecule has 0 bridgehead atoms. The van der Waals surface area contributed by atoms with Crippen LogP contribution in [0.15, 0.2) is 79.2 Å². The standard InChI is InChI=1S/C16H18FN3.C8H10O3/c1-3-8-20(2)9-6-4-5-7-13-10-15-16(11-14(13)17)19-12-18-15;1-5-2-3-6(9)4-7(5)8(10)11/h3-6,8-12H,7H2,1-2H3,(H,18,19);2-5,7,9H,1H3,(H,10,11)/b5-4+,8-3+,9-6-;. The Morgan fingerprint density at radius 2 is 2.10 bits per heavy atom. The molecule has 1 heterocycles. The molecule has 1 aliphatic carbocycles. The summed E-state index contributed by atoms with van der Waals surface area (Å²) in [5, 5.41) is 17.6. The van der Waals surface area contributed by atoms with E-state index in [0.29, 0.717) is 17.5 Å². The molecule has 7 heteroatoms. The summed E-state index contributed by atoms with van der Waals surface area (Å²) in [5.41, 5.74) is 2.18. The maximum atomic E-state index is 13.8. The van der Waals surface area contributed by atoms with Gasteiger partial charge in [0.2, 0.25) is 0 Å². The zero-order valence-corrected chi connectivity index (χ0v) is 17.9. The van der Waals surface area contributed by atoms with Gasteiger partial charge in [-0.1, -0.05) is 31.2 Å². The lowest BCUT2D eigenvalue weighted by molar-refractivity contribution is -0.141. The molecule has 0 saturated carbocycles. The molecule has 2 unspecified atom stereocenters. The molecular formula is C24H28FN3O3. The third-order valence-corrected chi connectivity index (χ3v) is 4.65. The van der Waals surface area contributed by atoms with Crippen molar-refractivity contribution in [3.8, 4) is 0 Å². The van der Waals surface area contributed by atoms with Gasteiger partial charge in [-0.05, 0) is 55.3 Å². The quantitative estimate of drug-likeness (QED) is 0.559. The van der Waals surface area contributed by atoms with Gasteiger partial charge in [0.05, 0.1) is 23.3 Å². The minimum Gasteiger partial charge on any atom is -0.508 e. The molecule has 3 rings (SSSR count). The van der Waals surface area contributed by atoms with E-state index in [9.17, 15) is 9.18 Å². The van der Waals surface area contributed by atoms with Crippen molar-refractivity contribution in [2.45, 2.75) is 20.3 Å². The number of hydrogen-bond acceptors (Lipinski definition) is 4. The molecule has 0 saturated heterocycles. The molecule has 3 N–H and O–H groups in total. The first kappa shape index (κ1) is 23.7. The summed E-state index contributed by atoms with van der Waals surface area (Å²) in [6.45, 7) is 3.77. The lowest BCUT2D eigenvalue weighted by Crippen LogP contribution is -2.20. The first-order valence-electron chi connectivity index (χ1n) is 9.93. The van der Waals surface area contributed by atoms with Crippen LogP contribution in [-0.2, 0) is 11.2 Å². The number of benzene rings is 1. The average Bonchev–Trinajstić information content (AvgIpc) is 3.17.